The lowest BCUT2D eigenvalue weighted by Gasteiger charge is -2.09. The molecule has 31 heavy (non-hydrogen) atoms. The summed E-state index contributed by atoms with van der Waals surface area (Å²) in [4.78, 5) is 0. The lowest BCUT2D eigenvalue weighted by atomic mass is 10.1. The van der Waals surface area contributed by atoms with Crippen LogP contribution in [0.2, 0.25) is 0 Å². The highest BCUT2D eigenvalue weighted by atomic mass is 16.7. The Labute approximate surface area is 183 Å². The van der Waals surface area contributed by atoms with Crippen molar-refractivity contribution in [3.8, 4) is 11.5 Å². The first-order chi connectivity index (χ1) is 15.1. The van der Waals surface area contributed by atoms with E-state index >= 15 is 0 Å². The van der Waals surface area contributed by atoms with E-state index in [-0.39, 0.29) is 6.79 Å². The van der Waals surface area contributed by atoms with E-state index in [9.17, 15) is 0 Å². The highest BCUT2D eigenvalue weighted by molar-refractivity contribution is 5.56. The number of aryl methyl sites for hydroxylation is 1. The number of nitrogen functional groups attached to an aromatic ring is 2. The van der Waals surface area contributed by atoms with E-state index in [4.69, 9.17) is 20.9 Å². The molecule has 3 rings (SSSR count). The van der Waals surface area contributed by atoms with Gasteiger partial charge in [0.2, 0.25) is 6.79 Å². The van der Waals surface area contributed by atoms with E-state index in [1.54, 1.807) is 18.2 Å². The second-order valence-electron chi connectivity index (χ2n) is 7.41. The van der Waals surface area contributed by atoms with Crippen LogP contribution in [-0.2, 0) is 6.42 Å². The van der Waals surface area contributed by atoms with Crippen LogP contribution in [0.3, 0.4) is 0 Å². The van der Waals surface area contributed by atoms with Crippen molar-refractivity contribution in [3.05, 3.63) is 72.3 Å². The summed E-state index contributed by atoms with van der Waals surface area (Å²) in [5, 5.41) is 8.60. The molecular formula is C25H30N4O2. The van der Waals surface area contributed by atoms with Gasteiger partial charge in [0.1, 0.15) is 11.5 Å². The maximum Gasteiger partial charge on any atom is 0.230 e. The van der Waals surface area contributed by atoms with Gasteiger partial charge in [-0.2, -0.15) is 10.2 Å². The molecule has 0 aromatic heterocycles. The molecule has 0 radical (unpaired) electrons. The number of anilines is 2. The summed E-state index contributed by atoms with van der Waals surface area (Å²) in [7, 11) is 0. The van der Waals surface area contributed by atoms with E-state index in [2.05, 4.69) is 29.3 Å². The van der Waals surface area contributed by atoms with E-state index in [1.807, 2.05) is 36.4 Å². The van der Waals surface area contributed by atoms with Gasteiger partial charge in [0.15, 0.2) is 0 Å². The second-order valence-corrected chi connectivity index (χ2v) is 7.41. The predicted molar refractivity (Wildman–Crippen MR) is 126 cm³/mol. The van der Waals surface area contributed by atoms with Crippen molar-refractivity contribution in [2.24, 2.45) is 10.2 Å². The third-order valence-electron chi connectivity index (χ3n) is 4.78. The molecule has 6 nitrogen and oxygen atoms in total. The van der Waals surface area contributed by atoms with Crippen LogP contribution < -0.4 is 20.9 Å². The van der Waals surface area contributed by atoms with Gasteiger partial charge in [-0.05, 0) is 60.9 Å². The molecule has 0 aliphatic carbocycles. The quantitative estimate of drug-likeness (QED) is 0.155. The molecule has 4 N–H and O–H groups in total. The van der Waals surface area contributed by atoms with Gasteiger partial charge in [0.25, 0.3) is 0 Å². The van der Waals surface area contributed by atoms with Crippen LogP contribution in [0.1, 0.15) is 38.2 Å². The van der Waals surface area contributed by atoms with Gasteiger partial charge in [-0.25, -0.2) is 0 Å². The Kier molecular flexibility index (Phi) is 8.29. The molecule has 0 saturated heterocycles. The van der Waals surface area contributed by atoms with E-state index < -0.39 is 0 Å². The predicted octanol–water partition coefficient (Wildman–Crippen LogP) is 6.80. The van der Waals surface area contributed by atoms with Crippen LogP contribution in [0.15, 0.2) is 77.0 Å². The van der Waals surface area contributed by atoms with Crippen molar-refractivity contribution in [1.82, 2.24) is 0 Å². The Hall–Kier alpha value is -3.54. The highest BCUT2D eigenvalue weighted by Gasteiger charge is 2.00. The standard InChI is InChI=1S/C25H30N4O2/c1-2-3-4-5-6-19-7-9-22(10-8-19)28-29-23-11-13-24(14-12-23)30-18-31-25-16-20(26)15-21(27)17-25/h7-17H,2-6,18,26-27H2,1H3. The molecule has 0 bridgehead atoms. The van der Waals surface area contributed by atoms with Crippen molar-refractivity contribution in [3.63, 3.8) is 0 Å². The fourth-order valence-electron chi connectivity index (χ4n) is 3.10. The minimum absolute atomic E-state index is 0.0501. The topological polar surface area (TPSA) is 95.2 Å². The van der Waals surface area contributed by atoms with Crippen molar-refractivity contribution >= 4 is 22.7 Å². The molecule has 0 fully saturated rings. The summed E-state index contributed by atoms with van der Waals surface area (Å²) in [5.41, 5.74) is 15.5. The van der Waals surface area contributed by atoms with Crippen LogP contribution in [-0.4, -0.2) is 6.79 Å². The zero-order valence-corrected chi connectivity index (χ0v) is 18.0. The van der Waals surface area contributed by atoms with Crippen LogP contribution in [0.25, 0.3) is 0 Å². The van der Waals surface area contributed by atoms with Gasteiger partial charge in [-0.15, -0.1) is 0 Å². The monoisotopic (exact) mass is 418 g/mol. The van der Waals surface area contributed by atoms with Crippen LogP contribution >= 0.6 is 0 Å². The molecule has 0 heterocycles. The van der Waals surface area contributed by atoms with Crippen molar-refractivity contribution in [1.29, 1.82) is 0 Å². The zero-order chi connectivity index (χ0) is 21.9. The van der Waals surface area contributed by atoms with Gasteiger partial charge in [-0.1, -0.05) is 38.3 Å². The maximum atomic E-state index is 5.75. The number of benzene rings is 3. The Morgan fingerprint density at radius 3 is 1.87 bits per heavy atom. The van der Waals surface area contributed by atoms with Gasteiger partial charge in [0, 0.05) is 23.5 Å². The van der Waals surface area contributed by atoms with Gasteiger partial charge in [0.05, 0.1) is 11.4 Å². The summed E-state index contributed by atoms with van der Waals surface area (Å²) in [6, 6.07) is 20.7. The maximum absolute atomic E-state index is 5.75. The third-order valence-corrected chi connectivity index (χ3v) is 4.78. The smallest absolute Gasteiger partial charge is 0.230 e. The zero-order valence-electron chi connectivity index (χ0n) is 18.0. The number of azo groups is 1. The molecular weight excluding hydrogens is 388 g/mol. The largest absolute Gasteiger partial charge is 0.458 e. The molecule has 6 heteroatoms. The van der Waals surface area contributed by atoms with Crippen molar-refractivity contribution < 1.29 is 9.47 Å². The fourth-order valence-corrected chi connectivity index (χ4v) is 3.10. The Balaban J connectivity index is 1.45. The minimum Gasteiger partial charge on any atom is -0.458 e. The number of hydrogen-bond donors (Lipinski definition) is 2. The van der Waals surface area contributed by atoms with E-state index in [0.717, 1.165) is 17.8 Å². The lowest BCUT2D eigenvalue weighted by Crippen LogP contribution is -2.06. The van der Waals surface area contributed by atoms with Crippen LogP contribution in [0.5, 0.6) is 11.5 Å². The second kappa shape index (κ2) is 11.6. The highest BCUT2D eigenvalue weighted by Crippen LogP contribution is 2.23. The molecule has 0 atom stereocenters. The normalized spacial score (nSPS) is 11.0. The molecule has 3 aromatic carbocycles. The number of hydrogen-bond acceptors (Lipinski definition) is 6. The van der Waals surface area contributed by atoms with Crippen LogP contribution in [0, 0.1) is 0 Å². The SMILES string of the molecule is CCCCCCc1ccc(N=Nc2ccc(OCOc3cc(N)cc(N)c3)cc2)cc1. The fraction of sp³-hybridized carbons (Fsp3) is 0.280. The van der Waals surface area contributed by atoms with Gasteiger partial charge in [-0.3, -0.25) is 0 Å². The van der Waals surface area contributed by atoms with Gasteiger partial charge >= 0.3 is 0 Å². The molecule has 0 aliphatic heterocycles. The summed E-state index contributed by atoms with van der Waals surface area (Å²) < 4.78 is 11.1. The Morgan fingerprint density at radius 2 is 1.26 bits per heavy atom. The number of nitrogens with zero attached hydrogens (tertiary/aromatic N) is 2. The Bertz CT molecular complexity index is 950. The van der Waals surface area contributed by atoms with E-state index in [0.29, 0.717) is 22.9 Å². The molecule has 0 saturated carbocycles. The molecule has 162 valence electrons. The first kappa shape index (κ1) is 22.2. The Morgan fingerprint density at radius 1 is 0.677 bits per heavy atom. The molecule has 0 unspecified atom stereocenters. The number of nitrogens with two attached hydrogens (primary N) is 2. The van der Waals surface area contributed by atoms with Gasteiger partial charge < -0.3 is 20.9 Å². The summed E-state index contributed by atoms with van der Waals surface area (Å²) in [6.07, 6.45) is 6.22. The molecule has 0 aliphatic rings. The summed E-state index contributed by atoms with van der Waals surface area (Å²) in [5.74, 6) is 1.23. The third kappa shape index (κ3) is 7.66. The minimum atomic E-state index is 0.0501. The summed E-state index contributed by atoms with van der Waals surface area (Å²) in [6.45, 7) is 2.28. The number of ether oxygens (including phenoxy) is 2. The lowest BCUT2D eigenvalue weighted by molar-refractivity contribution is 0.120. The number of unbranched alkanes of at least 4 members (excludes halogenated alkanes) is 3. The van der Waals surface area contributed by atoms with Crippen LogP contribution in [0.4, 0.5) is 22.7 Å². The number of rotatable bonds is 11. The van der Waals surface area contributed by atoms with Crippen molar-refractivity contribution in [2.75, 3.05) is 18.3 Å². The molecule has 0 amide bonds. The first-order valence-electron chi connectivity index (χ1n) is 10.6. The molecule has 0 spiro atoms. The first-order valence-corrected chi connectivity index (χ1v) is 10.6. The average molecular weight is 419 g/mol. The molecule has 3 aromatic rings. The average Bonchev–Trinajstić information content (AvgIpc) is 2.76. The van der Waals surface area contributed by atoms with Crippen molar-refractivity contribution in [2.45, 2.75) is 39.0 Å². The summed E-state index contributed by atoms with van der Waals surface area (Å²) >= 11 is 0. The van der Waals surface area contributed by atoms with E-state index in [1.165, 1.54) is 31.2 Å².